The summed E-state index contributed by atoms with van der Waals surface area (Å²) in [6.07, 6.45) is 1.94. The lowest BCUT2D eigenvalue weighted by atomic mass is 9.97. The number of ether oxygens (including phenoxy) is 1. The van der Waals surface area contributed by atoms with Crippen molar-refractivity contribution in [1.82, 2.24) is 0 Å². The first-order chi connectivity index (χ1) is 7.20. The lowest BCUT2D eigenvalue weighted by Gasteiger charge is -2.20. The lowest BCUT2D eigenvalue weighted by molar-refractivity contribution is 0.272. The van der Waals surface area contributed by atoms with Gasteiger partial charge in [-0.1, -0.05) is 13.8 Å². The summed E-state index contributed by atoms with van der Waals surface area (Å²) in [5.74, 6) is 0.271. The van der Waals surface area contributed by atoms with E-state index in [-0.39, 0.29) is 5.82 Å². The molecule has 1 aromatic carbocycles. The van der Waals surface area contributed by atoms with Gasteiger partial charge in [-0.3, -0.25) is 0 Å². The minimum absolute atomic E-state index is 0.210. The second kappa shape index (κ2) is 5.15. The first-order valence-corrected chi connectivity index (χ1v) is 5.61. The number of halogens is 1. The third-order valence-corrected chi connectivity index (χ3v) is 2.70. The van der Waals surface area contributed by atoms with Gasteiger partial charge in [0.25, 0.3) is 0 Å². The Morgan fingerprint density at radius 3 is 2.60 bits per heavy atom. The van der Waals surface area contributed by atoms with Crippen molar-refractivity contribution in [2.45, 2.75) is 40.5 Å². The van der Waals surface area contributed by atoms with Gasteiger partial charge in [0.2, 0.25) is 0 Å². The summed E-state index contributed by atoms with van der Waals surface area (Å²) in [5.41, 5.74) is 3.25. The fraction of sp³-hybridized carbons (Fsp3) is 0.538. The molecule has 0 bridgehead atoms. The Kier molecular flexibility index (Phi) is 4.13. The Bertz CT molecular complexity index is 345. The van der Waals surface area contributed by atoms with Gasteiger partial charge < -0.3 is 4.74 Å². The van der Waals surface area contributed by atoms with Gasteiger partial charge in [0.1, 0.15) is 0 Å². The predicted molar refractivity (Wildman–Crippen MR) is 61.0 cm³/mol. The largest absolute Gasteiger partial charge is 0.490 e. The maximum absolute atomic E-state index is 13.4. The Morgan fingerprint density at radius 1 is 1.27 bits per heavy atom. The summed E-state index contributed by atoms with van der Waals surface area (Å²) < 4.78 is 18.7. The van der Waals surface area contributed by atoms with E-state index < -0.39 is 0 Å². The van der Waals surface area contributed by atoms with Crippen molar-refractivity contribution in [2.24, 2.45) is 0 Å². The molecule has 0 unspecified atom stereocenters. The second-order valence-electron chi connectivity index (χ2n) is 3.56. The Hall–Kier alpha value is -1.05. The number of fused-ring (bicyclic) bond motifs is 1. The average Bonchev–Trinajstić information content (AvgIpc) is 2.29. The molecule has 1 aromatic rings. The molecule has 1 aliphatic rings. The maximum atomic E-state index is 13.4. The Labute approximate surface area is 91.3 Å². The minimum atomic E-state index is -0.210. The highest BCUT2D eigenvalue weighted by atomic mass is 19.1. The van der Waals surface area contributed by atoms with Gasteiger partial charge in [-0.05, 0) is 43.9 Å². The van der Waals surface area contributed by atoms with Crippen LogP contribution in [-0.4, -0.2) is 6.61 Å². The van der Waals surface area contributed by atoms with Gasteiger partial charge in [0.15, 0.2) is 11.6 Å². The molecule has 15 heavy (non-hydrogen) atoms. The van der Waals surface area contributed by atoms with E-state index in [1.54, 1.807) is 6.07 Å². The number of hydrogen-bond donors (Lipinski definition) is 0. The van der Waals surface area contributed by atoms with Crippen LogP contribution in [0.4, 0.5) is 4.39 Å². The number of aryl methyl sites for hydroxylation is 1. The summed E-state index contributed by atoms with van der Waals surface area (Å²) in [5, 5.41) is 0. The van der Waals surface area contributed by atoms with Gasteiger partial charge in [-0.25, -0.2) is 4.39 Å². The summed E-state index contributed by atoms with van der Waals surface area (Å²) in [6, 6.07) is 1.56. The van der Waals surface area contributed by atoms with E-state index >= 15 is 0 Å². The molecule has 2 heteroatoms. The lowest BCUT2D eigenvalue weighted by Crippen LogP contribution is -2.12. The topological polar surface area (TPSA) is 9.23 Å². The van der Waals surface area contributed by atoms with E-state index in [4.69, 9.17) is 4.74 Å². The van der Waals surface area contributed by atoms with Crippen LogP contribution >= 0.6 is 0 Å². The zero-order valence-corrected chi connectivity index (χ0v) is 9.98. The molecule has 0 aromatic heterocycles. The van der Waals surface area contributed by atoms with E-state index in [0.29, 0.717) is 12.4 Å². The fourth-order valence-corrected chi connectivity index (χ4v) is 1.80. The van der Waals surface area contributed by atoms with Crippen LogP contribution in [0, 0.1) is 19.7 Å². The molecule has 0 aliphatic carbocycles. The second-order valence-corrected chi connectivity index (χ2v) is 3.56. The number of rotatable bonds is 0. The molecule has 0 fully saturated rings. The van der Waals surface area contributed by atoms with Crippen LogP contribution in [0.5, 0.6) is 5.75 Å². The third kappa shape index (κ3) is 2.31. The van der Waals surface area contributed by atoms with Gasteiger partial charge in [0, 0.05) is 5.56 Å². The standard InChI is InChI=1S/C11H13FO.C2H6/c1-7-6-10(12)11-9(8(7)2)4-3-5-13-11;1-2/h6H,3-5H2,1-2H3;1-2H3. The van der Waals surface area contributed by atoms with E-state index in [2.05, 4.69) is 0 Å². The molecular weight excluding hydrogens is 191 g/mol. The van der Waals surface area contributed by atoms with Crippen LogP contribution in [0.15, 0.2) is 6.07 Å². The zero-order valence-electron chi connectivity index (χ0n) is 9.98. The van der Waals surface area contributed by atoms with E-state index in [0.717, 1.165) is 24.0 Å². The highest BCUT2D eigenvalue weighted by Crippen LogP contribution is 2.32. The fourth-order valence-electron chi connectivity index (χ4n) is 1.80. The average molecular weight is 210 g/mol. The van der Waals surface area contributed by atoms with Gasteiger partial charge in [0.05, 0.1) is 6.61 Å². The van der Waals surface area contributed by atoms with Crippen molar-refractivity contribution in [3.63, 3.8) is 0 Å². The molecule has 0 spiro atoms. The SMILES string of the molecule is CC.Cc1cc(F)c2c(c1C)CCCO2. The molecule has 0 amide bonds. The Morgan fingerprint density at radius 2 is 1.93 bits per heavy atom. The van der Waals surface area contributed by atoms with Crippen LogP contribution in [-0.2, 0) is 6.42 Å². The van der Waals surface area contributed by atoms with Gasteiger partial charge >= 0.3 is 0 Å². The van der Waals surface area contributed by atoms with Crippen molar-refractivity contribution >= 4 is 0 Å². The first kappa shape index (κ1) is 12.0. The van der Waals surface area contributed by atoms with Gasteiger partial charge in [-0.2, -0.15) is 0 Å². The smallest absolute Gasteiger partial charge is 0.165 e. The monoisotopic (exact) mass is 210 g/mol. The third-order valence-electron chi connectivity index (χ3n) is 2.70. The van der Waals surface area contributed by atoms with Crippen LogP contribution in [0.1, 0.15) is 37.0 Å². The normalized spacial score (nSPS) is 13.4. The van der Waals surface area contributed by atoms with Crippen molar-refractivity contribution < 1.29 is 9.13 Å². The van der Waals surface area contributed by atoms with Crippen LogP contribution < -0.4 is 4.74 Å². The molecule has 2 rings (SSSR count). The molecule has 1 heterocycles. The summed E-state index contributed by atoms with van der Waals surface area (Å²) in [7, 11) is 0. The molecule has 0 saturated carbocycles. The molecule has 0 atom stereocenters. The predicted octanol–water partition coefficient (Wildman–Crippen LogP) is 3.79. The van der Waals surface area contributed by atoms with Crippen molar-refractivity contribution in [3.05, 3.63) is 28.6 Å². The van der Waals surface area contributed by atoms with E-state index in [1.165, 1.54) is 5.56 Å². The van der Waals surface area contributed by atoms with Crippen molar-refractivity contribution in [1.29, 1.82) is 0 Å². The zero-order chi connectivity index (χ0) is 11.4. The van der Waals surface area contributed by atoms with Crippen molar-refractivity contribution in [2.75, 3.05) is 6.61 Å². The molecule has 0 radical (unpaired) electrons. The maximum Gasteiger partial charge on any atom is 0.165 e. The van der Waals surface area contributed by atoms with Crippen LogP contribution in [0.3, 0.4) is 0 Å². The minimum Gasteiger partial charge on any atom is -0.490 e. The first-order valence-electron chi connectivity index (χ1n) is 5.61. The molecule has 0 saturated heterocycles. The highest BCUT2D eigenvalue weighted by molar-refractivity contribution is 5.46. The molecular formula is C13H19FO. The van der Waals surface area contributed by atoms with Crippen molar-refractivity contribution in [3.8, 4) is 5.75 Å². The van der Waals surface area contributed by atoms with Gasteiger partial charge in [-0.15, -0.1) is 0 Å². The Balaban J connectivity index is 0.000000531. The quantitative estimate of drug-likeness (QED) is 0.633. The molecule has 1 nitrogen and oxygen atoms in total. The van der Waals surface area contributed by atoms with Crippen LogP contribution in [0.2, 0.25) is 0 Å². The van der Waals surface area contributed by atoms with E-state index in [9.17, 15) is 4.39 Å². The number of benzene rings is 1. The molecule has 84 valence electrons. The summed E-state index contributed by atoms with van der Waals surface area (Å²) in [4.78, 5) is 0. The van der Waals surface area contributed by atoms with E-state index in [1.807, 2.05) is 27.7 Å². The van der Waals surface area contributed by atoms with Crippen LogP contribution in [0.25, 0.3) is 0 Å². The molecule has 1 aliphatic heterocycles. The number of hydrogen-bond acceptors (Lipinski definition) is 1. The highest BCUT2D eigenvalue weighted by Gasteiger charge is 2.18. The summed E-state index contributed by atoms with van der Waals surface area (Å²) >= 11 is 0. The summed E-state index contributed by atoms with van der Waals surface area (Å²) in [6.45, 7) is 8.61. The molecule has 0 N–H and O–H groups in total.